The first-order valence-electron chi connectivity index (χ1n) is 7.58. The summed E-state index contributed by atoms with van der Waals surface area (Å²) in [4.78, 5) is 0.334. The van der Waals surface area contributed by atoms with Gasteiger partial charge < -0.3 is 10.1 Å². The molecule has 2 fully saturated rings. The number of sulfonamides is 1. The number of benzene rings is 1. The Morgan fingerprint density at radius 2 is 2.24 bits per heavy atom. The molecule has 6 heteroatoms. The van der Waals surface area contributed by atoms with Crippen molar-refractivity contribution in [2.45, 2.75) is 30.7 Å². The van der Waals surface area contributed by atoms with E-state index in [1.54, 1.807) is 28.6 Å². The third-order valence-electron chi connectivity index (χ3n) is 4.35. The molecule has 2 aliphatic rings. The molecule has 1 aromatic carbocycles. The fourth-order valence-corrected chi connectivity index (χ4v) is 5.11. The van der Waals surface area contributed by atoms with Crippen molar-refractivity contribution in [1.82, 2.24) is 9.62 Å². The van der Waals surface area contributed by atoms with Gasteiger partial charge in [-0.25, -0.2) is 8.42 Å². The predicted molar refractivity (Wildman–Crippen MR) is 80.9 cm³/mol. The molecule has 116 valence electrons. The highest BCUT2D eigenvalue weighted by Crippen LogP contribution is 2.32. The van der Waals surface area contributed by atoms with E-state index in [0.717, 1.165) is 25.9 Å². The van der Waals surface area contributed by atoms with Crippen LogP contribution in [0.2, 0.25) is 0 Å². The molecule has 0 unspecified atom stereocenters. The van der Waals surface area contributed by atoms with Crippen LogP contribution in [0.4, 0.5) is 0 Å². The smallest absolute Gasteiger partial charge is 0.243 e. The Morgan fingerprint density at radius 1 is 1.38 bits per heavy atom. The van der Waals surface area contributed by atoms with Crippen LogP contribution in [0.15, 0.2) is 29.2 Å². The maximum absolute atomic E-state index is 12.9. The van der Waals surface area contributed by atoms with Gasteiger partial charge in [-0.3, -0.25) is 0 Å². The molecule has 0 bridgehead atoms. The van der Waals surface area contributed by atoms with Crippen LogP contribution in [0, 0.1) is 5.92 Å². The minimum absolute atomic E-state index is 0.0968. The number of fused-ring (bicyclic) bond motifs is 1. The summed E-state index contributed by atoms with van der Waals surface area (Å²) in [5, 5.41) is 3.32. The molecule has 0 aliphatic carbocycles. The summed E-state index contributed by atoms with van der Waals surface area (Å²) in [5.74, 6) is 1.06. The van der Waals surface area contributed by atoms with Crippen LogP contribution in [0.25, 0.3) is 0 Å². The van der Waals surface area contributed by atoms with Crippen LogP contribution in [0.1, 0.15) is 19.8 Å². The van der Waals surface area contributed by atoms with E-state index in [1.807, 2.05) is 6.92 Å². The summed E-state index contributed by atoms with van der Waals surface area (Å²) in [5.41, 5.74) is 0. The van der Waals surface area contributed by atoms with Crippen molar-refractivity contribution in [3.8, 4) is 5.75 Å². The Hall–Kier alpha value is -1.11. The number of nitrogens with zero attached hydrogens (tertiary/aromatic N) is 1. The molecular formula is C15H22N2O3S. The number of ether oxygens (including phenoxy) is 1. The van der Waals surface area contributed by atoms with Gasteiger partial charge in [0.05, 0.1) is 11.5 Å². The van der Waals surface area contributed by atoms with Gasteiger partial charge in [0, 0.05) is 25.2 Å². The number of piperidine rings is 1. The summed E-state index contributed by atoms with van der Waals surface area (Å²) in [6.07, 6.45) is 2.05. The van der Waals surface area contributed by atoms with Crippen molar-refractivity contribution in [2.24, 2.45) is 5.92 Å². The van der Waals surface area contributed by atoms with Crippen LogP contribution in [-0.4, -0.2) is 45.0 Å². The molecular weight excluding hydrogens is 288 g/mol. The minimum Gasteiger partial charge on any atom is -0.494 e. The molecule has 0 amide bonds. The lowest BCUT2D eigenvalue weighted by Crippen LogP contribution is -2.48. The number of hydrogen-bond acceptors (Lipinski definition) is 4. The van der Waals surface area contributed by atoms with Gasteiger partial charge in [-0.1, -0.05) is 6.07 Å². The highest BCUT2D eigenvalue weighted by Gasteiger charge is 2.41. The summed E-state index contributed by atoms with van der Waals surface area (Å²) in [6.45, 7) is 4.72. The molecule has 2 heterocycles. The first-order chi connectivity index (χ1) is 10.1. The van der Waals surface area contributed by atoms with Gasteiger partial charge in [0.1, 0.15) is 5.75 Å². The van der Waals surface area contributed by atoms with Crippen molar-refractivity contribution in [2.75, 3.05) is 26.2 Å². The van der Waals surface area contributed by atoms with Gasteiger partial charge in [-0.15, -0.1) is 0 Å². The van der Waals surface area contributed by atoms with E-state index < -0.39 is 10.0 Å². The average molecular weight is 310 g/mol. The van der Waals surface area contributed by atoms with Crippen LogP contribution >= 0.6 is 0 Å². The number of hydrogen-bond donors (Lipinski definition) is 1. The predicted octanol–water partition coefficient (Wildman–Crippen LogP) is 1.46. The van der Waals surface area contributed by atoms with Gasteiger partial charge in [-0.05, 0) is 44.4 Å². The van der Waals surface area contributed by atoms with Gasteiger partial charge in [0.15, 0.2) is 0 Å². The third kappa shape index (κ3) is 2.80. The topological polar surface area (TPSA) is 58.6 Å². The van der Waals surface area contributed by atoms with Gasteiger partial charge in [0.25, 0.3) is 0 Å². The van der Waals surface area contributed by atoms with Crippen LogP contribution in [-0.2, 0) is 10.0 Å². The lowest BCUT2D eigenvalue weighted by atomic mass is 9.94. The quantitative estimate of drug-likeness (QED) is 0.915. The molecule has 3 rings (SSSR count). The molecule has 1 aromatic rings. The lowest BCUT2D eigenvalue weighted by molar-refractivity contribution is 0.217. The van der Waals surface area contributed by atoms with Gasteiger partial charge >= 0.3 is 0 Å². The Morgan fingerprint density at radius 3 is 3.05 bits per heavy atom. The SMILES string of the molecule is CCOc1cccc(S(=O)(=O)N2CCC[C@H]3CNC[C@H]32)c1. The molecule has 0 aromatic heterocycles. The second kappa shape index (κ2) is 5.94. The van der Waals surface area contributed by atoms with Crippen LogP contribution in [0.3, 0.4) is 0 Å². The van der Waals surface area contributed by atoms with Gasteiger partial charge in [0.2, 0.25) is 10.0 Å². The van der Waals surface area contributed by atoms with E-state index in [-0.39, 0.29) is 6.04 Å². The standard InChI is InChI=1S/C15H22N2O3S/c1-2-20-13-6-3-7-14(9-13)21(18,19)17-8-4-5-12-10-16-11-15(12)17/h3,6-7,9,12,15-16H,2,4-5,8,10-11H2,1H3/t12-,15+/m0/s1. The Labute approximate surface area is 126 Å². The molecule has 21 heavy (non-hydrogen) atoms. The fraction of sp³-hybridized carbons (Fsp3) is 0.600. The summed E-state index contributed by atoms with van der Waals surface area (Å²) >= 11 is 0. The fourth-order valence-electron chi connectivity index (χ4n) is 3.35. The number of rotatable bonds is 4. The van der Waals surface area contributed by atoms with Crippen molar-refractivity contribution in [3.63, 3.8) is 0 Å². The van der Waals surface area contributed by atoms with Crippen LogP contribution < -0.4 is 10.1 Å². The summed E-state index contributed by atoms with van der Waals surface area (Å²) in [6, 6.07) is 6.92. The first-order valence-corrected chi connectivity index (χ1v) is 9.02. The van der Waals surface area contributed by atoms with Crippen molar-refractivity contribution >= 4 is 10.0 Å². The molecule has 0 radical (unpaired) electrons. The zero-order valence-electron chi connectivity index (χ0n) is 12.3. The summed E-state index contributed by atoms with van der Waals surface area (Å²) in [7, 11) is -3.44. The molecule has 0 spiro atoms. The maximum atomic E-state index is 12.9. The average Bonchev–Trinajstić information content (AvgIpc) is 2.96. The van der Waals surface area contributed by atoms with E-state index in [9.17, 15) is 8.42 Å². The Balaban J connectivity index is 1.90. The highest BCUT2D eigenvalue weighted by atomic mass is 32.2. The Kier molecular flexibility index (Phi) is 4.19. The molecule has 5 nitrogen and oxygen atoms in total. The zero-order valence-corrected chi connectivity index (χ0v) is 13.1. The minimum atomic E-state index is -3.44. The second-order valence-corrected chi connectivity index (χ2v) is 7.54. The van der Waals surface area contributed by atoms with Crippen molar-refractivity contribution < 1.29 is 13.2 Å². The monoisotopic (exact) mass is 310 g/mol. The van der Waals surface area contributed by atoms with Crippen molar-refractivity contribution in [3.05, 3.63) is 24.3 Å². The normalized spacial score (nSPS) is 26.5. The third-order valence-corrected chi connectivity index (χ3v) is 6.27. The van der Waals surface area contributed by atoms with E-state index >= 15 is 0 Å². The maximum Gasteiger partial charge on any atom is 0.243 e. The molecule has 0 saturated carbocycles. The lowest BCUT2D eigenvalue weighted by Gasteiger charge is -2.35. The van der Waals surface area contributed by atoms with E-state index in [0.29, 0.717) is 29.7 Å². The van der Waals surface area contributed by atoms with E-state index in [1.165, 1.54) is 0 Å². The molecule has 2 saturated heterocycles. The zero-order chi connectivity index (χ0) is 14.9. The first kappa shape index (κ1) is 14.8. The molecule has 2 aliphatic heterocycles. The number of nitrogens with one attached hydrogen (secondary N) is 1. The molecule has 2 atom stereocenters. The van der Waals surface area contributed by atoms with Crippen molar-refractivity contribution in [1.29, 1.82) is 0 Å². The Bertz CT molecular complexity index is 603. The van der Waals surface area contributed by atoms with Gasteiger partial charge in [-0.2, -0.15) is 4.31 Å². The highest BCUT2D eigenvalue weighted by molar-refractivity contribution is 7.89. The van der Waals surface area contributed by atoms with E-state index in [4.69, 9.17) is 4.74 Å². The summed E-state index contributed by atoms with van der Waals surface area (Å²) < 4.78 is 33.0. The van der Waals surface area contributed by atoms with Crippen LogP contribution in [0.5, 0.6) is 5.75 Å². The van der Waals surface area contributed by atoms with E-state index in [2.05, 4.69) is 5.32 Å². The second-order valence-electron chi connectivity index (χ2n) is 5.65. The molecule has 1 N–H and O–H groups in total. The largest absolute Gasteiger partial charge is 0.494 e.